The summed E-state index contributed by atoms with van der Waals surface area (Å²) in [6, 6.07) is 19.6. The zero-order valence-corrected chi connectivity index (χ0v) is 15.5. The molecule has 0 aliphatic carbocycles. The Hall–Kier alpha value is -1.36. The van der Waals surface area contributed by atoms with Crippen LogP contribution in [0.15, 0.2) is 54.6 Å². The molecule has 0 amide bonds. The monoisotopic (exact) mass is 406 g/mol. The van der Waals surface area contributed by atoms with Crippen molar-refractivity contribution < 1.29 is 28.6 Å². The van der Waals surface area contributed by atoms with Gasteiger partial charge in [-0.25, -0.2) is 4.90 Å². The molecule has 3 heteroatoms. The Kier molecular flexibility index (Phi) is 6.00. The number of benzene rings is 2. The van der Waals surface area contributed by atoms with E-state index >= 15 is 0 Å². The summed E-state index contributed by atoms with van der Waals surface area (Å²) in [5.41, 5.74) is 3.89. The van der Waals surface area contributed by atoms with Gasteiger partial charge in [-0.05, 0) is 44.0 Å². The summed E-state index contributed by atoms with van der Waals surface area (Å²) in [7, 11) is 2.20. The highest BCUT2D eigenvalue weighted by molar-refractivity contribution is 6.06. The van der Waals surface area contributed by atoms with E-state index < -0.39 is 0 Å². The molecule has 0 spiro atoms. The molecule has 0 fully saturated rings. The molecule has 0 N–H and O–H groups in total. The van der Waals surface area contributed by atoms with Crippen LogP contribution in [0, 0.1) is 6.92 Å². The van der Waals surface area contributed by atoms with Crippen molar-refractivity contribution in [3.63, 3.8) is 0 Å². The predicted molar refractivity (Wildman–Crippen MR) is 89.4 cm³/mol. The highest BCUT2D eigenvalue weighted by Gasteiger charge is 2.27. The largest absolute Gasteiger partial charge is 1.00 e. The minimum atomic E-state index is 0. The number of amidine groups is 1. The molecule has 0 aromatic heterocycles. The van der Waals surface area contributed by atoms with Crippen molar-refractivity contribution in [2.75, 3.05) is 25.0 Å². The molecule has 0 atom stereocenters. The van der Waals surface area contributed by atoms with Crippen LogP contribution in [0.4, 0.5) is 5.69 Å². The number of nitrogens with zero attached hydrogens (tertiary/aromatic N) is 2. The normalized spacial score (nSPS) is 15.3. The number of hydrogen-bond donors (Lipinski definition) is 0. The van der Waals surface area contributed by atoms with Crippen LogP contribution in [0.25, 0.3) is 0 Å². The van der Waals surface area contributed by atoms with Gasteiger partial charge in [-0.15, -0.1) is 0 Å². The van der Waals surface area contributed by atoms with Gasteiger partial charge >= 0.3 is 0 Å². The lowest BCUT2D eigenvalue weighted by atomic mass is 10.1. The van der Waals surface area contributed by atoms with Gasteiger partial charge in [0.15, 0.2) is 0 Å². The number of halogens is 1. The lowest BCUT2D eigenvalue weighted by molar-refractivity contribution is -0.497. The van der Waals surface area contributed by atoms with E-state index in [1.807, 2.05) is 0 Å². The highest BCUT2D eigenvalue weighted by Crippen LogP contribution is 2.21. The second kappa shape index (κ2) is 7.77. The van der Waals surface area contributed by atoms with Crippen molar-refractivity contribution in [3.05, 3.63) is 65.7 Å². The van der Waals surface area contributed by atoms with E-state index in [0.717, 1.165) is 13.1 Å². The number of rotatable bonds is 2. The van der Waals surface area contributed by atoms with Crippen molar-refractivity contribution in [1.82, 2.24) is 0 Å². The molecule has 22 heavy (non-hydrogen) atoms. The van der Waals surface area contributed by atoms with Crippen LogP contribution in [0.1, 0.15) is 24.0 Å². The fourth-order valence-electron chi connectivity index (χ4n) is 2.98. The van der Waals surface area contributed by atoms with E-state index in [-0.39, 0.29) is 24.0 Å². The number of hydrogen-bond acceptors (Lipinski definition) is 1. The van der Waals surface area contributed by atoms with Gasteiger partial charge < -0.3 is 24.0 Å². The minimum Gasteiger partial charge on any atom is -1.00 e. The van der Waals surface area contributed by atoms with Crippen LogP contribution < -0.4 is 28.9 Å². The van der Waals surface area contributed by atoms with Gasteiger partial charge in [0.2, 0.25) is 0 Å². The van der Waals surface area contributed by atoms with Gasteiger partial charge in [-0.2, -0.15) is 0 Å². The summed E-state index contributed by atoms with van der Waals surface area (Å²) >= 11 is 0. The van der Waals surface area contributed by atoms with Gasteiger partial charge in [0, 0.05) is 0 Å². The second-order valence-electron chi connectivity index (χ2n) is 5.81. The SMILES string of the molecule is Cc1ccc(N2CCCC[N+](C)=C2c2ccccc2)cc1.[I-]. The van der Waals surface area contributed by atoms with E-state index in [0.29, 0.717) is 0 Å². The zero-order valence-electron chi connectivity index (χ0n) is 13.3. The molecule has 0 unspecified atom stereocenters. The molecular weight excluding hydrogens is 383 g/mol. The smallest absolute Gasteiger partial charge is 0.284 e. The van der Waals surface area contributed by atoms with Crippen molar-refractivity contribution in [2.45, 2.75) is 19.8 Å². The summed E-state index contributed by atoms with van der Waals surface area (Å²) in [5.74, 6) is 1.32. The molecule has 1 aliphatic rings. The second-order valence-corrected chi connectivity index (χ2v) is 5.81. The molecule has 0 saturated carbocycles. The van der Waals surface area contributed by atoms with Gasteiger partial charge in [0.05, 0.1) is 25.7 Å². The Balaban J connectivity index is 0.00000176. The number of anilines is 1. The maximum absolute atomic E-state index is 2.46. The third-order valence-corrected chi connectivity index (χ3v) is 4.12. The molecule has 2 aromatic carbocycles. The van der Waals surface area contributed by atoms with Crippen molar-refractivity contribution in [3.8, 4) is 0 Å². The van der Waals surface area contributed by atoms with Crippen LogP contribution in [-0.2, 0) is 0 Å². The topological polar surface area (TPSA) is 6.25 Å². The third-order valence-electron chi connectivity index (χ3n) is 4.12. The van der Waals surface area contributed by atoms with Crippen LogP contribution >= 0.6 is 0 Å². The molecule has 1 heterocycles. The van der Waals surface area contributed by atoms with Crippen LogP contribution in [-0.4, -0.2) is 30.5 Å². The Morgan fingerprint density at radius 1 is 0.909 bits per heavy atom. The fraction of sp³-hybridized carbons (Fsp3) is 0.316. The van der Waals surface area contributed by atoms with Crippen molar-refractivity contribution >= 4 is 11.5 Å². The Morgan fingerprint density at radius 3 is 2.27 bits per heavy atom. The van der Waals surface area contributed by atoms with E-state index in [9.17, 15) is 0 Å². The van der Waals surface area contributed by atoms with Gasteiger partial charge in [0.25, 0.3) is 5.84 Å². The van der Waals surface area contributed by atoms with Crippen LogP contribution in [0.2, 0.25) is 0 Å². The number of aryl methyl sites for hydroxylation is 1. The molecule has 1 aliphatic heterocycles. The summed E-state index contributed by atoms with van der Waals surface area (Å²) in [5, 5.41) is 0. The predicted octanol–water partition coefficient (Wildman–Crippen LogP) is 0.688. The van der Waals surface area contributed by atoms with E-state index in [1.54, 1.807) is 0 Å². The van der Waals surface area contributed by atoms with Crippen LogP contribution in [0.5, 0.6) is 0 Å². The van der Waals surface area contributed by atoms with Gasteiger partial charge in [0.1, 0.15) is 5.69 Å². The van der Waals surface area contributed by atoms with E-state index in [4.69, 9.17) is 0 Å². The van der Waals surface area contributed by atoms with Crippen molar-refractivity contribution in [2.24, 2.45) is 0 Å². The zero-order chi connectivity index (χ0) is 14.7. The lowest BCUT2D eigenvalue weighted by Crippen LogP contribution is -3.00. The summed E-state index contributed by atoms with van der Waals surface area (Å²) in [6.07, 6.45) is 2.48. The first kappa shape index (κ1) is 17.0. The Bertz CT molecular complexity index is 632. The molecule has 116 valence electrons. The highest BCUT2D eigenvalue weighted by atomic mass is 127. The maximum atomic E-state index is 2.46. The fourth-order valence-corrected chi connectivity index (χ4v) is 2.98. The average Bonchev–Trinajstić information content (AvgIpc) is 2.71. The first-order valence-corrected chi connectivity index (χ1v) is 7.73. The Labute approximate surface area is 150 Å². The Morgan fingerprint density at radius 2 is 1.59 bits per heavy atom. The van der Waals surface area contributed by atoms with Crippen molar-refractivity contribution in [1.29, 1.82) is 0 Å². The lowest BCUT2D eigenvalue weighted by Gasteiger charge is -2.19. The molecule has 0 bridgehead atoms. The van der Waals surface area contributed by atoms with Crippen LogP contribution in [0.3, 0.4) is 0 Å². The first-order valence-electron chi connectivity index (χ1n) is 7.73. The standard InChI is InChI=1S/C19H23N2.HI/c1-16-10-12-18(13-11-16)21-15-7-6-14-20(2)19(21)17-8-4-3-5-9-17;/h3-5,8-13H,6-7,14-15H2,1-2H3;1H/q+1;/p-1. The van der Waals surface area contributed by atoms with E-state index in [2.05, 4.69) is 78.0 Å². The molecular formula is C19H23IN2. The summed E-state index contributed by atoms with van der Waals surface area (Å²) in [6.45, 7) is 4.34. The summed E-state index contributed by atoms with van der Waals surface area (Å²) in [4.78, 5) is 2.46. The van der Waals surface area contributed by atoms with E-state index in [1.165, 1.54) is 35.5 Å². The minimum absolute atomic E-state index is 0. The van der Waals surface area contributed by atoms with Gasteiger partial charge in [-0.3, -0.25) is 4.58 Å². The van der Waals surface area contributed by atoms with Gasteiger partial charge in [-0.1, -0.05) is 35.9 Å². The maximum Gasteiger partial charge on any atom is 0.284 e. The quantitative estimate of drug-likeness (QED) is 0.526. The molecule has 2 aromatic rings. The third kappa shape index (κ3) is 3.69. The molecule has 3 rings (SSSR count). The molecule has 0 saturated heterocycles. The average molecular weight is 406 g/mol. The first-order chi connectivity index (χ1) is 10.3. The molecule has 2 nitrogen and oxygen atoms in total. The molecule has 0 radical (unpaired) electrons. The summed E-state index contributed by atoms with van der Waals surface area (Å²) < 4.78 is 2.39.